The summed E-state index contributed by atoms with van der Waals surface area (Å²) in [4.78, 5) is 28.6. The molecule has 0 spiro atoms. The number of aliphatic hydroxyl groups excluding tert-OH is 3. The van der Waals surface area contributed by atoms with E-state index in [1.807, 2.05) is 0 Å². The molecule has 0 aliphatic carbocycles. The number of nitrogens with two attached hydrogens (primary N) is 1. The fraction of sp³-hybridized carbons (Fsp3) is 0.889. The molecule has 1 saturated heterocycles. The van der Waals surface area contributed by atoms with Gasteiger partial charge in [0.25, 0.3) is 5.79 Å². The number of phosphoric ester groups is 1. The number of carboxylic acids is 1. The molecule has 1 aliphatic rings. The standard InChI is InChI=1S/C9H18NO11P/c10-5-3(12)1-9(16,8(14)15)20-7(5)6(4(13)2-11)21-22(17,18)19/h3-7,11-13,16H,1-2,10H2,(H,14,15)(H2,17,18,19)/t3-,4+,5+,6+,7+,9-/m0/s1. The highest BCUT2D eigenvalue weighted by Gasteiger charge is 2.54. The van der Waals surface area contributed by atoms with Crippen LogP contribution in [0.2, 0.25) is 0 Å². The molecule has 0 aromatic heterocycles. The van der Waals surface area contributed by atoms with Crippen LogP contribution in [-0.4, -0.2) is 84.1 Å². The van der Waals surface area contributed by atoms with E-state index in [-0.39, 0.29) is 0 Å². The van der Waals surface area contributed by atoms with E-state index in [4.69, 9.17) is 30.5 Å². The third kappa shape index (κ3) is 4.43. The number of phosphoric acid groups is 1. The van der Waals surface area contributed by atoms with Crippen molar-refractivity contribution in [1.82, 2.24) is 0 Å². The van der Waals surface area contributed by atoms with Gasteiger partial charge in [-0.2, -0.15) is 0 Å². The summed E-state index contributed by atoms with van der Waals surface area (Å²) >= 11 is 0. The van der Waals surface area contributed by atoms with Crippen molar-refractivity contribution in [2.75, 3.05) is 6.61 Å². The second kappa shape index (κ2) is 6.84. The SMILES string of the molecule is N[C@H]1[C@H]([C@H](OP(=O)(O)O)[C@H](O)CO)O[C@](O)(C(=O)O)C[C@@H]1O. The summed E-state index contributed by atoms with van der Waals surface area (Å²) in [6, 6.07) is -1.45. The fourth-order valence-electron chi connectivity index (χ4n) is 2.03. The molecule has 0 bridgehead atoms. The van der Waals surface area contributed by atoms with Gasteiger partial charge in [0.2, 0.25) is 0 Å². The maximum atomic E-state index is 11.0. The first-order chi connectivity index (χ1) is 9.91. The molecule has 1 rings (SSSR count). The van der Waals surface area contributed by atoms with Crippen molar-refractivity contribution in [2.24, 2.45) is 5.73 Å². The Bertz CT molecular complexity index is 455. The van der Waals surface area contributed by atoms with Gasteiger partial charge in [-0.1, -0.05) is 0 Å². The minimum Gasteiger partial charge on any atom is -0.477 e. The Kier molecular flexibility index (Phi) is 6.03. The van der Waals surface area contributed by atoms with Crippen LogP contribution in [0.5, 0.6) is 0 Å². The molecular formula is C9H18NO11P. The van der Waals surface area contributed by atoms with E-state index in [0.717, 1.165) is 0 Å². The van der Waals surface area contributed by atoms with Crippen molar-refractivity contribution in [1.29, 1.82) is 0 Å². The Hall–Kier alpha value is -0.660. The highest BCUT2D eigenvalue weighted by molar-refractivity contribution is 7.46. The van der Waals surface area contributed by atoms with E-state index in [1.165, 1.54) is 0 Å². The molecule has 12 nitrogen and oxygen atoms in total. The maximum absolute atomic E-state index is 11.0. The van der Waals surface area contributed by atoms with Gasteiger partial charge in [0, 0.05) is 6.42 Å². The lowest BCUT2D eigenvalue weighted by atomic mass is 9.89. The molecule has 0 unspecified atom stereocenters. The zero-order valence-electron chi connectivity index (χ0n) is 11.1. The summed E-state index contributed by atoms with van der Waals surface area (Å²) < 4.78 is 20.0. The summed E-state index contributed by atoms with van der Waals surface area (Å²) in [6.45, 7) is -1.03. The van der Waals surface area contributed by atoms with Crippen molar-refractivity contribution < 1.29 is 53.9 Å². The van der Waals surface area contributed by atoms with Crippen molar-refractivity contribution >= 4 is 13.8 Å². The minimum absolute atomic E-state index is 0.808. The molecular weight excluding hydrogens is 329 g/mol. The van der Waals surface area contributed by atoms with Crippen LogP contribution in [0.1, 0.15) is 6.42 Å². The number of aliphatic hydroxyl groups is 4. The second-order valence-corrected chi connectivity index (χ2v) is 6.02. The topological polar surface area (TPSA) is 220 Å². The normalized spacial score (nSPS) is 35.9. The maximum Gasteiger partial charge on any atom is 0.470 e. The van der Waals surface area contributed by atoms with Gasteiger partial charge in [0.05, 0.1) is 18.8 Å². The largest absolute Gasteiger partial charge is 0.477 e. The minimum atomic E-state index is -5.18. The lowest BCUT2D eigenvalue weighted by Gasteiger charge is -2.44. The number of carbonyl (C=O) groups is 1. The quantitative estimate of drug-likeness (QED) is 0.216. The van der Waals surface area contributed by atoms with Gasteiger partial charge in [0.1, 0.15) is 18.3 Å². The van der Waals surface area contributed by atoms with Crippen LogP contribution in [0.3, 0.4) is 0 Å². The van der Waals surface area contributed by atoms with E-state index in [9.17, 15) is 24.7 Å². The highest BCUT2D eigenvalue weighted by Crippen LogP contribution is 2.41. The Morgan fingerprint density at radius 1 is 1.50 bits per heavy atom. The van der Waals surface area contributed by atoms with Crippen LogP contribution in [0, 0.1) is 0 Å². The predicted octanol–water partition coefficient (Wildman–Crippen LogP) is -3.93. The molecule has 1 aliphatic heterocycles. The van der Waals surface area contributed by atoms with E-state index in [2.05, 4.69) is 4.52 Å². The molecule has 6 atom stereocenters. The Morgan fingerprint density at radius 3 is 2.45 bits per heavy atom. The number of carboxylic acid groups (broad SMARTS) is 1. The molecule has 130 valence electrons. The fourth-order valence-corrected chi connectivity index (χ4v) is 2.60. The molecule has 22 heavy (non-hydrogen) atoms. The number of rotatable bonds is 6. The first kappa shape index (κ1) is 19.4. The van der Waals surface area contributed by atoms with Crippen molar-refractivity contribution in [2.45, 2.75) is 42.7 Å². The lowest BCUT2D eigenvalue weighted by molar-refractivity contribution is -0.291. The molecule has 1 fully saturated rings. The van der Waals surface area contributed by atoms with Crippen molar-refractivity contribution in [3.63, 3.8) is 0 Å². The molecule has 0 radical (unpaired) electrons. The van der Waals surface area contributed by atoms with Gasteiger partial charge in [-0.25, -0.2) is 9.36 Å². The first-order valence-electron chi connectivity index (χ1n) is 6.01. The second-order valence-electron chi connectivity index (χ2n) is 4.83. The Morgan fingerprint density at radius 2 is 2.05 bits per heavy atom. The third-order valence-electron chi connectivity index (χ3n) is 3.12. The lowest BCUT2D eigenvalue weighted by Crippen LogP contribution is -2.66. The predicted molar refractivity (Wildman–Crippen MR) is 66.1 cm³/mol. The zero-order chi connectivity index (χ0) is 17.3. The van der Waals surface area contributed by atoms with Crippen LogP contribution >= 0.6 is 7.82 Å². The van der Waals surface area contributed by atoms with Crippen LogP contribution < -0.4 is 5.73 Å². The number of hydrogen-bond acceptors (Lipinski definition) is 9. The van der Waals surface area contributed by atoms with E-state index in [0.29, 0.717) is 0 Å². The number of ether oxygens (including phenoxy) is 1. The summed E-state index contributed by atoms with van der Waals surface area (Å²) in [5.74, 6) is -4.78. The molecule has 13 heteroatoms. The van der Waals surface area contributed by atoms with Crippen LogP contribution in [0.25, 0.3) is 0 Å². The summed E-state index contributed by atoms with van der Waals surface area (Å²) in [7, 11) is -5.18. The van der Waals surface area contributed by atoms with Crippen LogP contribution in [-0.2, 0) is 18.6 Å². The molecule has 1 heterocycles. The molecule has 9 N–H and O–H groups in total. The molecule has 0 amide bonds. The summed E-state index contributed by atoms with van der Waals surface area (Å²) in [5.41, 5.74) is 5.55. The smallest absolute Gasteiger partial charge is 0.470 e. The number of hydrogen-bond donors (Lipinski definition) is 8. The molecule has 0 saturated carbocycles. The van der Waals surface area contributed by atoms with Gasteiger partial charge < -0.3 is 45.8 Å². The first-order valence-corrected chi connectivity index (χ1v) is 7.54. The van der Waals surface area contributed by atoms with Gasteiger partial charge >= 0.3 is 13.8 Å². The molecule has 0 aromatic carbocycles. The highest BCUT2D eigenvalue weighted by atomic mass is 31.2. The van der Waals surface area contributed by atoms with Crippen molar-refractivity contribution in [3.8, 4) is 0 Å². The van der Waals surface area contributed by atoms with Gasteiger partial charge in [-0.15, -0.1) is 0 Å². The monoisotopic (exact) mass is 347 g/mol. The van der Waals surface area contributed by atoms with Gasteiger partial charge in [-0.3, -0.25) is 4.52 Å². The van der Waals surface area contributed by atoms with Crippen LogP contribution in [0.15, 0.2) is 0 Å². The molecule has 0 aromatic rings. The average molecular weight is 347 g/mol. The van der Waals surface area contributed by atoms with Gasteiger partial charge in [-0.05, 0) is 0 Å². The van der Waals surface area contributed by atoms with E-state index >= 15 is 0 Å². The summed E-state index contributed by atoms with van der Waals surface area (Å²) in [5, 5.41) is 46.9. The third-order valence-corrected chi connectivity index (χ3v) is 3.64. The van der Waals surface area contributed by atoms with E-state index < -0.39 is 63.1 Å². The van der Waals surface area contributed by atoms with E-state index in [1.54, 1.807) is 0 Å². The zero-order valence-corrected chi connectivity index (χ0v) is 12.0. The Labute approximate surface area is 123 Å². The Balaban J connectivity index is 3.14. The average Bonchev–Trinajstić information content (AvgIpc) is 2.38. The van der Waals surface area contributed by atoms with Crippen molar-refractivity contribution in [3.05, 3.63) is 0 Å². The number of aliphatic carboxylic acids is 1. The van der Waals surface area contributed by atoms with Gasteiger partial charge in [0.15, 0.2) is 0 Å². The van der Waals surface area contributed by atoms with Crippen LogP contribution in [0.4, 0.5) is 0 Å². The summed E-state index contributed by atoms with van der Waals surface area (Å²) in [6.07, 6.45) is -8.18.